The topological polar surface area (TPSA) is 46.5 Å². The first kappa shape index (κ1) is 15.0. The Labute approximate surface area is 121 Å². The van der Waals surface area contributed by atoms with Gasteiger partial charge >= 0.3 is 5.97 Å². The normalized spacial score (nSPS) is 38.1. The van der Waals surface area contributed by atoms with E-state index in [4.69, 9.17) is 4.74 Å². The molecule has 0 fully saturated rings. The summed E-state index contributed by atoms with van der Waals surface area (Å²) in [5.41, 5.74) is -0.563. The standard InChI is InChI=1S/C17H24O3/c1-11(2)12-7-9-16(5)13(14(18)20-6)8-10-17(16,19)15(12,3)4/h7-9,12,19H,1,10H2,2-6H3/t12-,16-,17+/m0/s1. The van der Waals surface area contributed by atoms with E-state index in [-0.39, 0.29) is 11.9 Å². The van der Waals surface area contributed by atoms with Crippen LogP contribution in [-0.2, 0) is 9.53 Å². The van der Waals surface area contributed by atoms with Crippen molar-refractivity contribution in [3.8, 4) is 0 Å². The fourth-order valence-corrected chi connectivity index (χ4v) is 4.03. The SMILES string of the molecule is C=C(C)[C@@H]1C=C[C@@]2(C)C(C(=O)OC)=CC[C@@]2(O)C1(C)C. The van der Waals surface area contributed by atoms with E-state index in [9.17, 15) is 9.90 Å². The van der Waals surface area contributed by atoms with Crippen molar-refractivity contribution < 1.29 is 14.6 Å². The van der Waals surface area contributed by atoms with Gasteiger partial charge in [-0.2, -0.15) is 0 Å². The Balaban J connectivity index is 2.58. The lowest BCUT2D eigenvalue weighted by molar-refractivity contribution is -0.149. The summed E-state index contributed by atoms with van der Waals surface area (Å²) < 4.78 is 4.87. The van der Waals surface area contributed by atoms with E-state index >= 15 is 0 Å². The van der Waals surface area contributed by atoms with Crippen molar-refractivity contribution in [1.82, 2.24) is 0 Å². The second-order valence-corrected chi connectivity index (χ2v) is 6.78. The monoisotopic (exact) mass is 276 g/mol. The molecule has 0 radical (unpaired) electrons. The first-order chi connectivity index (χ1) is 9.12. The van der Waals surface area contributed by atoms with Crippen LogP contribution in [0.2, 0.25) is 0 Å². The van der Waals surface area contributed by atoms with E-state index in [1.807, 2.05) is 39.8 Å². The molecule has 3 nitrogen and oxygen atoms in total. The van der Waals surface area contributed by atoms with Crippen molar-refractivity contribution in [3.63, 3.8) is 0 Å². The van der Waals surface area contributed by atoms with Gasteiger partial charge in [-0.1, -0.05) is 44.2 Å². The average molecular weight is 276 g/mol. The van der Waals surface area contributed by atoms with E-state index in [0.717, 1.165) is 5.57 Å². The molecule has 3 heteroatoms. The Hall–Kier alpha value is -1.35. The van der Waals surface area contributed by atoms with Crippen molar-refractivity contribution >= 4 is 5.97 Å². The van der Waals surface area contributed by atoms with E-state index < -0.39 is 16.4 Å². The zero-order valence-electron chi connectivity index (χ0n) is 13.0. The van der Waals surface area contributed by atoms with E-state index in [2.05, 4.69) is 12.7 Å². The van der Waals surface area contributed by atoms with Crippen LogP contribution >= 0.6 is 0 Å². The number of fused-ring (bicyclic) bond motifs is 1. The second kappa shape index (κ2) is 4.32. The predicted molar refractivity (Wildman–Crippen MR) is 79.0 cm³/mol. The Kier molecular flexibility index (Phi) is 3.25. The zero-order valence-corrected chi connectivity index (χ0v) is 13.0. The lowest BCUT2D eigenvalue weighted by atomic mass is 9.51. The highest BCUT2D eigenvalue weighted by atomic mass is 16.5. The molecule has 0 unspecified atom stereocenters. The Morgan fingerprint density at radius 2 is 2.05 bits per heavy atom. The lowest BCUT2D eigenvalue weighted by Gasteiger charge is -2.55. The molecule has 110 valence electrons. The maximum absolute atomic E-state index is 12.0. The smallest absolute Gasteiger partial charge is 0.334 e. The molecule has 2 rings (SSSR count). The van der Waals surface area contributed by atoms with Crippen LogP contribution in [0.25, 0.3) is 0 Å². The molecule has 20 heavy (non-hydrogen) atoms. The minimum Gasteiger partial charge on any atom is -0.466 e. The molecule has 0 aromatic heterocycles. The highest BCUT2D eigenvalue weighted by molar-refractivity contribution is 5.92. The number of carbonyl (C=O) groups excluding carboxylic acids is 1. The van der Waals surface area contributed by atoms with Crippen LogP contribution < -0.4 is 0 Å². The molecule has 0 aliphatic heterocycles. The maximum atomic E-state index is 12.0. The fraction of sp³-hybridized carbons (Fsp3) is 0.588. The third kappa shape index (κ3) is 1.59. The van der Waals surface area contributed by atoms with Crippen molar-refractivity contribution in [2.45, 2.75) is 39.7 Å². The Bertz CT molecular complexity index is 526. The lowest BCUT2D eigenvalue weighted by Crippen LogP contribution is -2.59. The Morgan fingerprint density at radius 1 is 1.45 bits per heavy atom. The second-order valence-electron chi connectivity index (χ2n) is 6.78. The molecular weight excluding hydrogens is 252 g/mol. The summed E-state index contributed by atoms with van der Waals surface area (Å²) in [6.45, 7) is 12.0. The third-order valence-electron chi connectivity index (χ3n) is 5.42. The van der Waals surface area contributed by atoms with Gasteiger partial charge in [0.1, 0.15) is 0 Å². The number of esters is 1. The number of hydrogen-bond donors (Lipinski definition) is 1. The summed E-state index contributed by atoms with van der Waals surface area (Å²) in [6.07, 6.45) is 6.29. The number of carbonyl (C=O) groups is 1. The molecule has 2 aliphatic rings. The summed E-state index contributed by atoms with van der Waals surface area (Å²) in [7, 11) is 1.37. The van der Waals surface area contributed by atoms with Gasteiger partial charge in [0.25, 0.3) is 0 Å². The van der Waals surface area contributed by atoms with Crippen LogP contribution in [0.15, 0.2) is 36.0 Å². The van der Waals surface area contributed by atoms with E-state index in [1.54, 1.807) is 0 Å². The van der Waals surface area contributed by atoms with Gasteiger partial charge in [0.2, 0.25) is 0 Å². The van der Waals surface area contributed by atoms with Crippen molar-refractivity contribution in [1.29, 1.82) is 0 Å². The summed E-state index contributed by atoms with van der Waals surface area (Å²) in [5.74, 6) is -0.274. The average Bonchev–Trinajstić information content (AvgIpc) is 2.62. The molecule has 0 spiro atoms. The Morgan fingerprint density at radius 3 is 2.55 bits per heavy atom. The number of hydrogen-bond acceptors (Lipinski definition) is 3. The minimum atomic E-state index is -1.01. The van der Waals surface area contributed by atoms with Gasteiger partial charge in [-0.3, -0.25) is 0 Å². The number of allylic oxidation sites excluding steroid dienone is 2. The van der Waals surface area contributed by atoms with E-state index in [0.29, 0.717) is 12.0 Å². The molecule has 0 amide bonds. The molecule has 0 saturated carbocycles. The number of rotatable bonds is 2. The molecule has 0 aromatic carbocycles. The fourth-order valence-electron chi connectivity index (χ4n) is 4.03. The summed E-state index contributed by atoms with van der Waals surface area (Å²) in [6, 6.07) is 0. The van der Waals surface area contributed by atoms with Crippen molar-refractivity contribution in [2.75, 3.05) is 7.11 Å². The number of ether oxygens (including phenoxy) is 1. The van der Waals surface area contributed by atoms with Crippen LogP contribution in [0.5, 0.6) is 0 Å². The first-order valence-corrected chi connectivity index (χ1v) is 6.98. The molecule has 3 atom stereocenters. The highest BCUT2D eigenvalue weighted by Crippen LogP contribution is 2.62. The number of aliphatic hydroxyl groups is 1. The summed E-state index contributed by atoms with van der Waals surface area (Å²) >= 11 is 0. The number of methoxy groups -OCH3 is 1. The first-order valence-electron chi connectivity index (χ1n) is 6.98. The summed E-state index contributed by atoms with van der Waals surface area (Å²) in [4.78, 5) is 12.0. The highest BCUT2D eigenvalue weighted by Gasteiger charge is 2.64. The molecule has 0 heterocycles. The van der Waals surface area contributed by atoms with Gasteiger partial charge in [0.05, 0.1) is 12.7 Å². The van der Waals surface area contributed by atoms with Crippen LogP contribution in [0.3, 0.4) is 0 Å². The quantitative estimate of drug-likeness (QED) is 0.623. The molecule has 0 aromatic rings. The largest absolute Gasteiger partial charge is 0.466 e. The van der Waals surface area contributed by atoms with Gasteiger partial charge in [-0.15, -0.1) is 0 Å². The van der Waals surface area contributed by atoms with Crippen LogP contribution in [0.1, 0.15) is 34.1 Å². The maximum Gasteiger partial charge on any atom is 0.334 e. The zero-order chi connectivity index (χ0) is 15.3. The third-order valence-corrected chi connectivity index (χ3v) is 5.42. The molecular formula is C17H24O3. The van der Waals surface area contributed by atoms with Gasteiger partial charge < -0.3 is 9.84 Å². The molecule has 0 bridgehead atoms. The predicted octanol–water partition coefficient (Wildman–Crippen LogP) is 3.02. The summed E-state index contributed by atoms with van der Waals surface area (Å²) in [5, 5.41) is 11.4. The van der Waals surface area contributed by atoms with Crippen LogP contribution in [0.4, 0.5) is 0 Å². The van der Waals surface area contributed by atoms with Crippen molar-refractivity contribution in [3.05, 3.63) is 36.0 Å². The van der Waals surface area contributed by atoms with Crippen molar-refractivity contribution in [2.24, 2.45) is 16.7 Å². The van der Waals surface area contributed by atoms with Gasteiger partial charge in [0, 0.05) is 22.3 Å². The van der Waals surface area contributed by atoms with Gasteiger partial charge in [-0.25, -0.2) is 4.79 Å². The van der Waals surface area contributed by atoms with Crippen LogP contribution in [0, 0.1) is 16.7 Å². The van der Waals surface area contributed by atoms with Gasteiger partial charge in [-0.05, 0) is 20.3 Å². The molecule has 1 N–H and O–H groups in total. The van der Waals surface area contributed by atoms with Gasteiger partial charge in [0.15, 0.2) is 0 Å². The molecule has 2 aliphatic carbocycles. The molecule has 0 saturated heterocycles. The van der Waals surface area contributed by atoms with E-state index in [1.165, 1.54) is 7.11 Å². The minimum absolute atomic E-state index is 0.0889. The van der Waals surface area contributed by atoms with Crippen LogP contribution in [-0.4, -0.2) is 23.8 Å².